The van der Waals surface area contributed by atoms with E-state index in [0.29, 0.717) is 0 Å². The third-order valence-corrected chi connectivity index (χ3v) is 1.94. The number of hydrogen-bond acceptors (Lipinski definition) is 9. The van der Waals surface area contributed by atoms with Crippen molar-refractivity contribution in [2.24, 2.45) is 11.5 Å². The van der Waals surface area contributed by atoms with Crippen molar-refractivity contribution < 1.29 is 33.4 Å². The number of esters is 4. The smallest absolute Gasteiger partial charge is 0.382 e. The van der Waals surface area contributed by atoms with E-state index in [9.17, 15) is 24.0 Å². The fraction of sp³-hybridized carbons (Fsp3) is 0.545. The molecule has 0 heterocycles. The molecule has 0 saturated heterocycles. The molecule has 0 amide bonds. The Hall–Kier alpha value is -2.13. The Balaban J connectivity index is 4.16. The summed E-state index contributed by atoms with van der Waals surface area (Å²) in [6.45, 7) is 2.59. The van der Waals surface area contributed by atoms with E-state index < -0.39 is 54.6 Å². The summed E-state index contributed by atoms with van der Waals surface area (Å²) in [6, 6.07) is -2.04. The van der Waals surface area contributed by atoms with Crippen LogP contribution in [0.2, 0.25) is 0 Å². The van der Waals surface area contributed by atoms with E-state index in [1.807, 2.05) is 0 Å². The molecule has 0 fully saturated rings. The molecule has 9 heteroatoms. The number of carbonyl (C=O) groups is 5. The minimum absolute atomic E-state index is 0.515. The van der Waals surface area contributed by atoms with Crippen molar-refractivity contribution in [2.75, 3.05) is 0 Å². The predicted molar refractivity (Wildman–Crippen MR) is 63.7 cm³/mol. The third-order valence-electron chi connectivity index (χ3n) is 1.94. The topological polar surface area (TPSA) is 156 Å². The lowest BCUT2D eigenvalue weighted by Gasteiger charge is -2.05. The van der Waals surface area contributed by atoms with Crippen molar-refractivity contribution >= 4 is 29.7 Å². The number of hydrogen-bond donors (Lipinski definition) is 2. The van der Waals surface area contributed by atoms with Gasteiger partial charge >= 0.3 is 23.9 Å². The summed E-state index contributed by atoms with van der Waals surface area (Å²) in [5.41, 5.74) is 10.3. The van der Waals surface area contributed by atoms with Gasteiger partial charge in [0.15, 0.2) is 0 Å². The van der Waals surface area contributed by atoms with Crippen molar-refractivity contribution in [1.29, 1.82) is 0 Å². The minimum Gasteiger partial charge on any atom is -0.392 e. The first-order chi connectivity index (χ1) is 9.15. The SMILES string of the molecule is C[C@H](N)C(=O)OC(=O)CCC(=O)C(=O)OC(=O)[C@H](C)N. The van der Waals surface area contributed by atoms with E-state index in [4.69, 9.17) is 11.5 Å². The molecule has 0 aromatic heterocycles. The van der Waals surface area contributed by atoms with Gasteiger partial charge in [-0.1, -0.05) is 0 Å². The molecule has 0 aromatic carbocycles. The molecule has 9 nitrogen and oxygen atoms in total. The lowest BCUT2D eigenvalue weighted by atomic mass is 10.2. The lowest BCUT2D eigenvalue weighted by molar-refractivity contribution is -0.165. The highest BCUT2D eigenvalue weighted by Gasteiger charge is 2.23. The van der Waals surface area contributed by atoms with Crippen molar-refractivity contribution in [2.45, 2.75) is 38.8 Å². The van der Waals surface area contributed by atoms with Crippen LogP contribution in [0.4, 0.5) is 0 Å². The van der Waals surface area contributed by atoms with Gasteiger partial charge in [0.1, 0.15) is 12.1 Å². The van der Waals surface area contributed by atoms with Crippen molar-refractivity contribution in [3.05, 3.63) is 0 Å². The maximum atomic E-state index is 11.2. The molecule has 2 atom stereocenters. The second-order valence-corrected chi connectivity index (χ2v) is 4.00. The first-order valence-corrected chi connectivity index (χ1v) is 5.69. The van der Waals surface area contributed by atoms with Gasteiger partial charge in [-0.25, -0.2) is 14.4 Å². The summed E-state index contributed by atoms with van der Waals surface area (Å²) in [5.74, 6) is -5.54. The molecule has 0 radical (unpaired) electrons. The summed E-state index contributed by atoms with van der Waals surface area (Å²) >= 11 is 0. The number of carbonyl (C=O) groups excluding carboxylic acids is 5. The van der Waals surface area contributed by atoms with Gasteiger partial charge < -0.3 is 20.9 Å². The van der Waals surface area contributed by atoms with E-state index in [2.05, 4.69) is 9.47 Å². The zero-order chi connectivity index (χ0) is 15.9. The van der Waals surface area contributed by atoms with Gasteiger partial charge in [0.25, 0.3) is 0 Å². The standard InChI is InChI=1S/C11H16N2O7/c1-5(12)9(16)19-8(15)4-3-7(14)11(18)20-10(17)6(2)13/h5-6H,3-4,12-13H2,1-2H3/t5-,6-/m0/s1. The van der Waals surface area contributed by atoms with Crippen molar-refractivity contribution in [3.63, 3.8) is 0 Å². The van der Waals surface area contributed by atoms with Gasteiger partial charge in [0.2, 0.25) is 5.78 Å². The third kappa shape index (κ3) is 6.71. The van der Waals surface area contributed by atoms with Gasteiger partial charge in [-0.05, 0) is 13.8 Å². The molecular formula is C11H16N2O7. The van der Waals surface area contributed by atoms with E-state index in [-0.39, 0.29) is 0 Å². The molecule has 4 N–H and O–H groups in total. The number of rotatable bonds is 6. The van der Waals surface area contributed by atoms with Gasteiger partial charge in [-0.15, -0.1) is 0 Å². The zero-order valence-corrected chi connectivity index (χ0v) is 11.1. The van der Waals surface area contributed by atoms with Crippen LogP contribution in [0.3, 0.4) is 0 Å². The van der Waals surface area contributed by atoms with Crippen LogP contribution in [0.5, 0.6) is 0 Å². The largest absolute Gasteiger partial charge is 0.392 e. The molecule has 0 aliphatic rings. The molecule has 0 aliphatic heterocycles. The predicted octanol–water partition coefficient (Wildman–Crippen LogP) is -1.83. The summed E-state index contributed by atoms with van der Waals surface area (Å²) < 4.78 is 8.40. The fourth-order valence-electron chi connectivity index (χ4n) is 0.815. The average molecular weight is 288 g/mol. The Morgan fingerprint density at radius 1 is 0.850 bits per heavy atom. The number of ketones is 1. The Morgan fingerprint density at radius 3 is 1.75 bits per heavy atom. The summed E-state index contributed by atoms with van der Waals surface area (Å²) in [4.78, 5) is 55.4. The monoisotopic (exact) mass is 288 g/mol. The normalized spacial score (nSPS) is 13.0. The van der Waals surface area contributed by atoms with Crippen LogP contribution in [0.1, 0.15) is 26.7 Å². The van der Waals surface area contributed by atoms with E-state index in [0.717, 1.165) is 0 Å². The molecule has 0 rings (SSSR count). The quantitative estimate of drug-likeness (QED) is 0.326. The molecule has 112 valence electrons. The van der Waals surface area contributed by atoms with Crippen molar-refractivity contribution in [3.8, 4) is 0 Å². The Kier molecular flexibility index (Phi) is 7.26. The van der Waals surface area contributed by atoms with Crippen LogP contribution in [-0.2, 0) is 33.4 Å². The zero-order valence-electron chi connectivity index (χ0n) is 11.1. The first kappa shape index (κ1) is 17.9. The Bertz CT molecular complexity index is 428. The van der Waals surface area contributed by atoms with Gasteiger partial charge in [0, 0.05) is 6.42 Å². The number of ether oxygens (including phenoxy) is 2. The van der Waals surface area contributed by atoms with Gasteiger partial charge in [-0.2, -0.15) is 0 Å². The van der Waals surface area contributed by atoms with Crippen LogP contribution < -0.4 is 11.5 Å². The Labute approximate surface area is 114 Å². The maximum absolute atomic E-state index is 11.2. The molecule has 0 bridgehead atoms. The Morgan fingerprint density at radius 2 is 1.30 bits per heavy atom. The van der Waals surface area contributed by atoms with Crippen LogP contribution in [0, 0.1) is 0 Å². The molecule has 0 unspecified atom stereocenters. The molecule has 0 saturated carbocycles. The highest BCUT2D eigenvalue weighted by molar-refractivity contribution is 6.35. The van der Waals surface area contributed by atoms with Crippen LogP contribution >= 0.6 is 0 Å². The summed E-state index contributed by atoms with van der Waals surface area (Å²) in [5, 5.41) is 0. The minimum atomic E-state index is -1.42. The van der Waals surface area contributed by atoms with Gasteiger partial charge in [-0.3, -0.25) is 9.59 Å². The first-order valence-electron chi connectivity index (χ1n) is 5.69. The second-order valence-electron chi connectivity index (χ2n) is 4.00. The molecule has 0 aromatic rings. The van der Waals surface area contributed by atoms with Crippen LogP contribution in [0.15, 0.2) is 0 Å². The van der Waals surface area contributed by atoms with E-state index >= 15 is 0 Å². The fourth-order valence-corrected chi connectivity index (χ4v) is 0.815. The van der Waals surface area contributed by atoms with Crippen LogP contribution in [-0.4, -0.2) is 41.7 Å². The molecular weight excluding hydrogens is 272 g/mol. The van der Waals surface area contributed by atoms with Gasteiger partial charge in [0.05, 0.1) is 6.42 Å². The average Bonchev–Trinajstić information content (AvgIpc) is 2.35. The summed E-state index contributed by atoms with van der Waals surface area (Å²) in [6.07, 6.45) is -1.07. The van der Waals surface area contributed by atoms with E-state index in [1.165, 1.54) is 13.8 Å². The lowest BCUT2D eigenvalue weighted by Crippen LogP contribution is -2.33. The molecule has 0 spiro atoms. The maximum Gasteiger partial charge on any atom is 0.382 e. The van der Waals surface area contributed by atoms with Crippen LogP contribution in [0.25, 0.3) is 0 Å². The van der Waals surface area contributed by atoms with Crippen molar-refractivity contribution in [1.82, 2.24) is 0 Å². The second kappa shape index (κ2) is 8.12. The molecule has 20 heavy (non-hydrogen) atoms. The highest BCUT2D eigenvalue weighted by Crippen LogP contribution is 1.99. The number of nitrogens with two attached hydrogens (primary N) is 2. The van der Waals surface area contributed by atoms with E-state index in [1.54, 1.807) is 0 Å². The molecule has 0 aliphatic carbocycles. The highest BCUT2D eigenvalue weighted by atomic mass is 16.6. The summed E-state index contributed by atoms with van der Waals surface area (Å²) in [7, 11) is 0. The number of Topliss-reactive ketones (excluding diaryl/α,β-unsaturated/α-hetero) is 1.